The van der Waals surface area contributed by atoms with Gasteiger partial charge in [-0.2, -0.15) is 0 Å². The Morgan fingerprint density at radius 1 is 1.40 bits per heavy atom. The van der Waals surface area contributed by atoms with Crippen LogP contribution >= 0.6 is 0 Å². The fourth-order valence-electron chi connectivity index (χ4n) is 1.77. The fraction of sp³-hybridized carbons (Fsp3) is 1.00. The Morgan fingerprint density at radius 2 is 2.20 bits per heavy atom. The van der Waals surface area contributed by atoms with Gasteiger partial charge in [0.2, 0.25) is 10.0 Å². The van der Waals surface area contributed by atoms with E-state index >= 15 is 0 Å². The minimum absolute atomic E-state index is 0.0920. The van der Waals surface area contributed by atoms with Crippen LogP contribution in [-0.4, -0.2) is 33.3 Å². The highest BCUT2D eigenvalue weighted by molar-refractivity contribution is 7.89. The zero-order chi connectivity index (χ0) is 11.1. The Bertz CT molecular complexity index is 257. The molecule has 0 radical (unpaired) electrons. The Balaban J connectivity index is 2.37. The Labute approximate surface area is 92.9 Å². The monoisotopic (exact) mass is 234 g/mol. The molecule has 0 saturated carbocycles. The molecule has 0 bridgehead atoms. The van der Waals surface area contributed by atoms with Crippen molar-refractivity contribution < 1.29 is 8.42 Å². The summed E-state index contributed by atoms with van der Waals surface area (Å²) in [5.41, 5.74) is 0. The Hall–Kier alpha value is -0.130. The van der Waals surface area contributed by atoms with Crippen LogP contribution in [-0.2, 0) is 10.0 Å². The average molecular weight is 234 g/mol. The van der Waals surface area contributed by atoms with Gasteiger partial charge in [-0.3, -0.25) is 0 Å². The van der Waals surface area contributed by atoms with Crippen LogP contribution in [0.25, 0.3) is 0 Å². The molecule has 1 atom stereocenters. The van der Waals surface area contributed by atoms with Gasteiger partial charge < -0.3 is 5.32 Å². The number of hydrogen-bond donors (Lipinski definition) is 2. The van der Waals surface area contributed by atoms with Crippen molar-refractivity contribution in [1.82, 2.24) is 10.0 Å². The van der Waals surface area contributed by atoms with Crippen molar-refractivity contribution in [1.29, 1.82) is 0 Å². The molecule has 1 fully saturated rings. The molecule has 0 aromatic carbocycles. The predicted molar refractivity (Wildman–Crippen MR) is 62.3 cm³/mol. The van der Waals surface area contributed by atoms with Crippen molar-refractivity contribution in [3.8, 4) is 0 Å². The molecule has 1 saturated heterocycles. The van der Waals surface area contributed by atoms with Gasteiger partial charge in [-0.1, -0.05) is 19.8 Å². The van der Waals surface area contributed by atoms with E-state index < -0.39 is 10.0 Å². The second-order valence-electron chi connectivity index (χ2n) is 4.19. The molecule has 0 amide bonds. The lowest BCUT2D eigenvalue weighted by Gasteiger charge is -2.16. The van der Waals surface area contributed by atoms with Crippen molar-refractivity contribution in [3.05, 3.63) is 0 Å². The Kier molecular flexibility index (Phi) is 5.56. The number of sulfonamides is 1. The van der Waals surface area contributed by atoms with Crippen molar-refractivity contribution in [2.75, 3.05) is 18.8 Å². The summed E-state index contributed by atoms with van der Waals surface area (Å²) in [5, 5.41) is 3.25. The van der Waals surface area contributed by atoms with Crippen LogP contribution in [0.1, 0.15) is 39.0 Å². The summed E-state index contributed by atoms with van der Waals surface area (Å²) < 4.78 is 26.0. The number of nitrogens with one attached hydrogen (secondary N) is 2. The molecule has 15 heavy (non-hydrogen) atoms. The smallest absolute Gasteiger partial charge is 0.211 e. The first-order chi connectivity index (χ1) is 7.14. The first kappa shape index (κ1) is 12.9. The van der Waals surface area contributed by atoms with Gasteiger partial charge in [0.1, 0.15) is 0 Å². The largest absolute Gasteiger partial charge is 0.315 e. The second kappa shape index (κ2) is 6.45. The van der Waals surface area contributed by atoms with Crippen LogP contribution in [0.4, 0.5) is 0 Å². The van der Waals surface area contributed by atoms with E-state index in [4.69, 9.17) is 0 Å². The van der Waals surface area contributed by atoms with Gasteiger partial charge in [-0.15, -0.1) is 0 Å². The minimum Gasteiger partial charge on any atom is -0.315 e. The molecule has 1 rings (SSSR count). The minimum atomic E-state index is -3.05. The summed E-state index contributed by atoms with van der Waals surface area (Å²) in [6, 6.07) is 0.0920. The molecule has 1 aliphatic rings. The molecule has 0 aliphatic carbocycles. The molecular formula is C10H22N2O2S. The molecule has 0 spiro atoms. The van der Waals surface area contributed by atoms with Crippen LogP contribution in [0.2, 0.25) is 0 Å². The molecule has 0 aromatic rings. The van der Waals surface area contributed by atoms with Crippen molar-refractivity contribution in [2.45, 2.75) is 45.1 Å². The van der Waals surface area contributed by atoms with Crippen LogP contribution in [0.5, 0.6) is 0 Å². The summed E-state index contributed by atoms with van der Waals surface area (Å²) in [5.74, 6) is 0.264. The van der Waals surface area contributed by atoms with Crippen molar-refractivity contribution in [2.24, 2.45) is 0 Å². The molecule has 0 aromatic heterocycles. The molecule has 90 valence electrons. The van der Waals surface area contributed by atoms with Crippen LogP contribution in [0.15, 0.2) is 0 Å². The lowest BCUT2D eigenvalue weighted by atomic mass is 10.2. The van der Waals surface area contributed by atoms with E-state index in [9.17, 15) is 8.42 Å². The van der Waals surface area contributed by atoms with E-state index in [0.717, 1.165) is 45.2 Å². The first-order valence-corrected chi connectivity index (χ1v) is 7.50. The molecule has 1 unspecified atom stereocenters. The van der Waals surface area contributed by atoms with E-state index in [-0.39, 0.29) is 11.8 Å². The zero-order valence-corrected chi connectivity index (χ0v) is 10.3. The van der Waals surface area contributed by atoms with Gasteiger partial charge in [0.25, 0.3) is 0 Å². The van der Waals surface area contributed by atoms with Gasteiger partial charge in [-0.05, 0) is 25.8 Å². The number of rotatable bonds is 5. The maximum atomic E-state index is 11.6. The third-order valence-corrected chi connectivity index (χ3v) is 4.18. The average Bonchev–Trinajstić information content (AvgIpc) is 2.43. The molecule has 4 nitrogen and oxygen atoms in total. The lowest BCUT2D eigenvalue weighted by molar-refractivity contribution is 0.519. The summed E-state index contributed by atoms with van der Waals surface area (Å²) in [6.45, 7) is 3.78. The zero-order valence-electron chi connectivity index (χ0n) is 9.46. The molecule has 1 aliphatic heterocycles. The Morgan fingerprint density at radius 3 is 2.93 bits per heavy atom. The first-order valence-electron chi connectivity index (χ1n) is 5.85. The molecular weight excluding hydrogens is 212 g/mol. The molecule has 5 heteroatoms. The summed E-state index contributed by atoms with van der Waals surface area (Å²) in [6.07, 6.45) is 4.87. The van der Waals surface area contributed by atoms with Crippen LogP contribution < -0.4 is 10.0 Å². The summed E-state index contributed by atoms with van der Waals surface area (Å²) >= 11 is 0. The third kappa shape index (κ3) is 5.49. The van der Waals surface area contributed by atoms with E-state index in [2.05, 4.69) is 10.0 Å². The quantitative estimate of drug-likeness (QED) is 0.741. The van der Waals surface area contributed by atoms with Crippen molar-refractivity contribution in [3.63, 3.8) is 0 Å². The number of unbranched alkanes of at least 4 members (excludes halogenated alkanes) is 1. The van der Waals surface area contributed by atoms with E-state index in [1.54, 1.807) is 0 Å². The van der Waals surface area contributed by atoms with E-state index in [1.165, 1.54) is 0 Å². The third-order valence-electron chi connectivity index (χ3n) is 2.66. The maximum absolute atomic E-state index is 11.6. The van der Waals surface area contributed by atoms with Crippen LogP contribution in [0.3, 0.4) is 0 Å². The highest BCUT2D eigenvalue weighted by Crippen LogP contribution is 2.06. The van der Waals surface area contributed by atoms with E-state index in [0.29, 0.717) is 0 Å². The summed E-state index contributed by atoms with van der Waals surface area (Å²) in [7, 11) is -3.05. The van der Waals surface area contributed by atoms with Gasteiger partial charge in [0.05, 0.1) is 5.75 Å². The van der Waals surface area contributed by atoms with Gasteiger partial charge in [0, 0.05) is 12.6 Å². The van der Waals surface area contributed by atoms with Gasteiger partial charge in [0.15, 0.2) is 0 Å². The highest BCUT2D eigenvalue weighted by atomic mass is 32.2. The van der Waals surface area contributed by atoms with Crippen LogP contribution in [0, 0.1) is 0 Å². The molecule has 1 heterocycles. The second-order valence-corrected chi connectivity index (χ2v) is 6.06. The van der Waals surface area contributed by atoms with E-state index in [1.807, 2.05) is 6.92 Å². The topological polar surface area (TPSA) is 58.2 Å². The normalized spacial score (nSPS) is 23.7. The lowest BCUT2D eigenvalue weighted by Crippen LogP contribution is -2.41. The fourth-order valence-corrected chi connectivity index (χ4v) is 3.26. The molecule has 2 N–H and O–H groups in total. The van der Waals surface area contributed by atoms with Gasteiger partial charge >= 0.3 is 0 Å². The van der Waals surface area contributed by atoms with Gasteiger partial charge in [-0.25, -0.2) is 13.1 Å². The summed E-state index contributed by atoms with van der Waals surface area (Å²) in [4.78, 5) is 0. The van der Waals surface area contributed by atoms with Crippen molar-refractivity contribution >= 4 is 10.0 Å². The number of hydrogen-bond acceptors (Lipinski definition) is 3. The highest BCUT2D eigenvalue weighted by Gasteiger charge is 2.18. The SMILES string of the molecule is CCCCS(=O)(=O)NC1CCCCNC1. The standard InChI is InChI=1S/C10H22N2O2S/c1-2-3-8-15(13,14)12-10-6-4-5-7-11-9-10/h10-12H,2-9H2,1H3. The predicted octanol–water partition coefficient (Wildman–Crippen LogP) is 0.848. The maximum Gasteiger partial charge on any atom is 0.211 e.